The summed E-state index contributed by atoms with van der Waals surface area (Å²) in [7, 11) is 2.08. The van der Waals surface area contributed by atoms with Crippen molar-refractivity contribution in [2.24, 2.45) is 0 Å². The van der Waals surface area contributed by atoms with Crippen LogP contribution >= 0.6 is 0 Å². The number of carbonyl (C=O) groups is 1. The van der Waals surface area contributed by atoms with E-state index in [1.807, 2.05) is 17.0 Å². The molecule has 0 saturated carbocycles. The minimum atomic E-state index is 0.0332. The molecule has 1 fully saturated rings. The number of likely N-dealkylation sites (N-methyl/N-ethyl adjacent to an activating group) is 1. The van der Waals surface area contributed by atoms with Gasteiger partial charge in [0.05, 0.1) is 0 Å². The van der Waals surface area contributed by atoms with Crippen LogP contribution in [0.5, 0.6) is 0 Å². The Balaban J connectivity index is 2.04. The van der Waals surface area contributed by atoms with Crippen LogP contribution in [0.3, 0.4) is 0 Å². The fourth-order valence-electron chi connectivity index (χ4n) is 2.20. The van der Waals surface area contributed by atoms with E-state index < -0.39 is 0 Å². The third kappa shape index (κ3) is 3.70. The van der Waals surface area contributed by atoms with Crippen molar-refractivity contribution in [3.63, 3.8) is 0 Å². The molecule has 1 unspecified atom stereocenters. The Bertz CT molecular complexity index is 455. The maximum Gasteiger partial charge on any atom is 0.272 e. The highest BCUT2D eigenvalue weighted by atomic mass is 16.2. The standard InChI is InChI=1S/C15H24N4O/c1-4-12(2)17-13-5-6-16-14(11-13)15(20)19-9-7-18(3)8-10-19/h5-6,11-12H,4,7-10H2,1-3H3,(H,16,17). The van der Waals surface area contributed by atoms with Gasteiger partial charge in [-0.1, -0.05) is 6.92 Å². The number of carbonyl (C=O) groups excluding carboxylic acids is 1. The van der Waals surface area contributed by atoms with Crippen LogP contribution in [0, 0.1) is 0 Å². The summed E-state index contributed by atoms with van der Waals surface area (Å²) in [6.07, 6.45) is 2.75. The smallest absolute Gasteiger partial charge is 0.272 e. The van der Waals surface area contributed by atoms with Crippen LogP contribution in [0.15, 0.2) is 18.3 Å². The van der Waals surface area contributed by atoms with Gasteiger partial charge in [0.25, 0.3) is 5.91 Å². The molecule has 0 spiro atoms. The molecule has 1 atom stereocenters. The third-order valence-electron chi connectivity index (χ3n) is 3.79. The zero-order valence-electron chi connectivity index (χ0n) is 12.6. The quantitative estimate of drug-likeness (QED) is 0.909. The minimum absolute atomic E-state index is 0.0332. The van der Waals surface area contributed by atoms with Gasteiger partial charge in [-0.25, -0.2) is 0 Å². The van der Waals surface area contributed by atoms with E-state index in [9.17, 15) is 4.79 Å². The summed E-state index contributed by atoms with van der Waals surface area (Å²) in [4.78, 5) is 20.8. The molecular formula is C15H24N4O. The highest BCUT2D eigenvalue weighted by molar-refractivity contribution is 5.93. The van der Waals surface area contributed by atoms with Gasteiger partial charge >= 0.3 is 0 Å². The van der Waals surface area contributed by atoms with E-state index >= 15 is 0 Å². The van der Waals surface area contributed by atoms with Crippen molar-refractivity contribution in [1.29, 1.82) is 0 Å². The maximum atomic E-state index is 12.4. The van der Waals surface area contributed by atoms with Crippen LogP contribution in [0.1, 0.15) is 30.8 Å². The van der Waals surface area contributed by atoms with Gasteiger partial charge in [0, 0.05) is 44.1 Å². The Morgan fingerprint density at radius 3 is 2.75 bits per heavy atom. The molecule has 1 aromatic heterocycles. The highest BCUT2D eigenvalue weighted by Gasteiger charge is 2.21. The predicted molar refractivity (Wildman–Crippen MR) is 81.0 cm³/mol. The topological polar surface area (TPSA) is 48.5 Å². The highest BCUT2D eigenvalue weighted by Crippen LogP contribution is 2.13. The molecule has 5 nitrogen and oxygen atoms in total. The number of nitrogens with zero attached hydrogens (tertiary/aromatic N) is 3. The Kier molecular flexibility index (Phi) is 4.95. The van der Waals surface area contributed by atoms with E-state index in [2.05, 4.69) is 36.1 Å². The summed E-state index contributed by atoms with van der Waals surface area (Å²) in [5.41, 5.74) is 1.50. The number of piperazine rings is 1. The molecule has 1 saturated heterocycles. The number of hydrogen-bond donors (Lipinski definition) is 1. The van der Waals surface area contributed by atoms with Crippen molar-refractivity contribution in [3.05, 3.63) is 24.0 Å². The van der Waals surface area contributed by atoms with Crippen molar-refractivity contribution < 1.29 is 4.79 Å². The predicted octanol–water partition coefficient (Wildman–Crippen LogP) is 1.68. The molecule has 1 N–H and O–H groups in total. The molecule has 5 heteroatoms. The molecular weight excluding hydrogens is 252 g/mol. The zero-order valence-corrected chi connectivity index (χ0v) is 12.6. The molecule has 1 aromatic rings. The van der Waals surface area contributed by atoms with E-state index in [-0.39, 0.29) is 5.91 Å². The summed E-state index contributed by atoms with van der Waals surface area (Å²) < 4.78 is 0. The fraction of sp³-hybridized carbons (Fsp3) is 0.600. The lowest BCUT2D eigenvalue weighted by Gasteiger charge is -2.32. The summed E-state index contributed by atoms with van der Waals surface area (Å²) >= 11 is 0. The van der Waals surface area contributed by atoms with E-state index in [1.54, 1.807) is 6.20 Å². The van der Waals surface area contributed by atoms with Gasteiger partial charge in [-0.3, -0.25) is 9.78 Å². The molecule has 1 aliphatic heterocycles. The van der Waals surface area contributed by atoms with E-state index in [4.69, 9.17) is 0 Å². The third-order valence-corrected chi connectivity index (χ3v) is 3.79. The van der Waals surface area contributed by atoms with E-state index in [0.717, 1.165) is 38.3 Å². The van der Waals surface area contributed by atoms with Crippen molar-refractivity contribution in [2.45, 2.75) is 26.3 Å². The van der Waals surface area contributed by atoms with Crippen LogP contribution in [-0.2, 0) is 0 Å². The molecule has 110 valence electrons. The Hall–Kier alpha value is -1.62. The molecule has 1 amide bonds. The number of pyridine rings is 1. The van der Waals surface area contributed by atoms with Crippen LogP contribution in [0.2, 0.25) is 0 Å². The first kappa shape index (κ1) is 14.8. The van der Waals surface area contributed by atoms with E-state index in [1.165, 1.54) is 0 Å². The summed E-state index contributed by atoms with van der Waals surface area (Å²) in [5, 5.41) is 3.38. The Morgan fingerprint density at radius 1 is 1.40 bits per heavy atom. The Morgan fingerprint density at radius 2 is 2.10 bits per heavy atom. The minimum Gasteiger partial charge on any atom is -0.382 e. The lowest BCUT2D eigenvalue weighted by atomic mass is 10.2. The second-order valence-electron chi connectivity index (χ2n) is 5.48. The zero-order chi connectivity index (χ0) is 14.5. The Labute approximate surface area is 121 Å². The second-order valence-corrected chi connectivity index (χ2v) is 5.48. The number of rotatable bonds is 4. The maximum absolute atomic E-state index is 12.4. The van der Waals surface area contributed by atoms with Crippen LogP contribution in [-0.4, -0.2) is 60.0 Å². The fourth-order valence-corrected chi connectivity index (χ4v) is 2.20. The molecule has 1 aliphatic rings. The van der Waals surface area contributed by atoms with Crippen molar-refractivity contribution in [3.8, 4) is 0 Å². The molecule has 0 radical (unpaired) electrons. The summed E-state index contributed by atoms with van der Waals surface area (Å²) in [6.45, 7) is 7.67. The van der Waals surface area contributed by atoms with Crippen LogP contribution < -0.4 is 5.32 Å². The second kappa shape index (κ2) is 6.70. The molecule has 2 rings (SSSR count). The largest absolute Gasteiger partial charge is 0.382 e. The first-order chi connectivity index (χ1) is 9.60. The number of hydrogen-bond acceptors (Lipinski definition) is 4. The number of anilines is 1. The first-order valence-corrected chi connectivity index (χ1v) is 7.30. The molecule has 0 aliphatic carbocycles. The average molecular weight is 276 g/mol. The molecule has 0 aromatic carbocycles. The van der Waals surface area contributed by atoms with Gasteiger partial charge in [0.2, 0.25) is 0 Å². The lowest BCUT2D eigenvalue weighted by Crippen LogP contribution is -2.47. The van der Waals surface area contributed by atoms with Crippen molar-refractivity contribution in [1.82, 2.24) is 14.8 Å². The van der Waals surface area contributed by atoms with Gasteiger partial charge in [0.15, 0.2) is 0 Å². The summed E-state index contributed by atoms with van der Waals surface area (Å²) in [5.74, 6) is 0.0332. The molecule has 2 heterocycles. The number of nitrogens with one attached hydrogen (secondary N) is 1. The van der Waals surface area contributed by atoms with Gasteiger partial charge in [-0.2, -0.15) is 0 Å². The average Bonchev–Trinajstić information content (AvgIpc) is 2.47. The van der Waals surface area contributed by atoms with Crippen LogP contribution in [0.25, 0.3) is 0 Å². The SMILES string of the molecule is CCC(C)Nc1ccnc(C(=O)N2CCN(C)CC2)c1. The lowest BCUT2D eigenvalue weighted by molar-refractivity contribution is 0.0658. The van der Waals surface area contributed by atoms with Crippen molar-refractivity contribution >= 4 is 11.6 Å². The normalized spacial score (nSPS) is 17.9. The molecule has 20 heavy (non-hydrogen) atoms. The van der Waals surface area contributed by atoms with E-state index in [0.29, 0.717) is 11.7 Å². The summed E-state index contributed by atoms with van der Waals surface area (Å²) in [6, 6.07) is 4.16. The van der Waals surface area contributed by atoms with Gasteiger partial charge in [0.1, 0.15) is 5.69 Å². The van der Waals surface area contributed by atoms with Gasteiger partial charge < -0.3 is 15.1 Å². The van der Waals surface area contributed by atoms with Gasteiger partial charge in [-0.05, 0) is 32.5 Å². The number of aromatic nitrogens is 1. The number of amides is 1. The monoisotopic (exact) mass is 276 g/mol. The van der Waals surface area contributed by atoms with Crippen LogP contribution in [0.4, 0.5) is 5.69 Å². The molecule has 0 bridgehead atoms. The van der Waals surface area contributed by atoms with Crippen molar-refractivity contribution in [2.75, 3.05) is 38.5 Å². The van der Waals surface area contributed by atoms with Gasteiger partial charge in [-0.15, -0.1) is 0 Å². The first-order valence-electron chi connectivity index (χ1n) is 7.30.